The third kappa shape index (κ3) is 6.52. The van der Waals surface area contributed by atoms with E-state index < -0.39 is 4.92 Å². The van der Waals surface area contributed by atoms with Crippen molar-refractivity contribution in [3.8, 4) is 11.3 Å². The molecule has 3 aromatic carbocycles. The molecule has 0 saturated carbocycles. The Morgan fingerprint density at radius 2 is 1.66 bits per heavy atom. The summed E-state index contributed by atoms with van der Waals surface area (Å²) in [4.78, 5) is 40.2. The van der Waals surface area contributed by atoms with Crippen LogP contribution in [0.2, 0.25) is 0 Å². The first kappa shape index (κ1) is 24.1. The summed E-state index contributed by atoms with van der Waals surface area (Å²) in [6.45, 7) is 2.03. The lowest BCUT2D eigenvalue weighted by Gasteiger charge is -2.07. The fourth-order valence-corrected chi connectivity index (χ4v) is 4.50. The van der Waals surface area contributed by atoms with Crippen LogP contribution in [0.1, 0.15) is 15.9 Å². The number of hydrogen-bond acceptors (Lipinski definition) is 7. The second-order valence-electron chi connectivity index (χ2n) is 7.52. The summed E-state index contributed by atoms with van der Waals surface area (Å²) in [7, 11) is 0. The number of nitro benzene ring substituents is 1. The molecule has 2 amide bonds. The highest BCUT2D eigenvalue weighted by Gasteiger charge is 2.11. The number of anilines is 2. The first-order valence-electron chi connectivity index (χ1n) is 10.5. The van der Waals surface area contributed by atoms with Crippen LogP contribution < -0.4 is 10.6 Å². The number of nitro groups is 1. The van der Waals surface area contributed by atoms with Crippen molar-refractivity contribution in [2.24, 2.45) is 0 Å². The van der Waals surface area contributed by atoms with Gasteiger partial charge in [0.05, 0.1) is 16.4 Å². The maximum Gasteiger partial charge on any atom is 0.269 e. The maximum atomic E-state index is 12.3. The standard InChI is InChI=1S/C25H20N4O4S2/c1-16-2-4-17(5-3-16)22-14-35-25(27-22)28-23(30)15-34-21-12-8-19(9-13-21)26-24(31)18-6-10-20(11-7-18)29(32)33/h2-14H,15H2,1H3,(H,26,31)(H,27,28,30). The summed E-state index contributed by atoms with van der Waals surface area (Å²) in [6.07, 6.45) is 0. The summed E-state index contributed by atoms with van der Waals surface area (Å²) in [5.74, 6) is -0.308. The molecule has 0 unspecified atom stereocenters. The summed E-state index contributed by atoms with van der Waals surface area (Å²) in [5, 5.41) is 18.8. The molecule has 0 spiro atoms. The zero-order chi connectivity index (χ0) is 24.8. The zero-order valence-corrected chi connectivity index (χ0v) is 20.2. The fraction of sp³-hybridized carbons (Fsp3) is 0.0800. The number of non-ortho nitro benzene ring substituents is 1. The normalized spacial score (nSPS) is 10.5. The smallest absolute Gasteiger partial charge is 0.269 e. The van der Waals surface area contributed by atoms with Crippen LogP contribution in [-0.4, -0.2) is 27.5 Å². The van der Waals surface area contributed by atoms with Crippen LogP contribution >= 0.6 is 23.1 Å². The number of nitrogens with one attached hydrogen (secondary N) is 2. The van der Waals surface area contributed by atoms with Crippen LogP contribution in [-0.2, 0) is 4.79 Å². The number of thioether (sulfide) groups is 1. The van der Waals surface area contributed by atoms with Crippen LogP contribution in [0.25, 0.3) is 11.3 Å². The monoisotopic (exact) mass is 504 g/mol. The number of benzene rings is 3. The van der Waals surface area contributed by atoms with E-state index in [1.165, 1.54) is 52.9 Å². The van der Waals surface area contributed by atoms with Gasteiger partial charge in [0.1, 0.15) is 0 Å². The van der Waals surface area contributed by atoms with Gasteiger partial charge in [-0.1, -0.05) is 29.8 Å². The first-order chi connectivity index (χ1) is 16.9. The number of rotatable bonds is 8. The first-order valence-corrected chi connectivity index (χ1v) is 12.3. The topological polar surface area (TPSA) is 114 Å². The van der Waals surface area contributed by atoms with Gasteiger partial charge in [0.15, 0.2) is 5.13 Å². The van der Waals surface area contributed by atoms with Crippen molar-refractivity contribution in [2.75, 3.05) is 16.4 Å². The molecule has 35 heavy (non-hydrogen) atoms. The molecule has 0 fully saturated rings. The summed E-state index contributed by atoms with van der Waals surface area (Å²) in [6, 6.07) is 20.5. The Morgan fingerprint density at radius 3 is 2.31 bits per heavy atom. The number of aryl methyl sites for hydroxylation is 1. The van der Waals surface area contributed by atoms with Crippen molar-refractivity contribution >= 4 is 51.4 Å². The van der Waals surface area contributed by atoms with Gasteiger partial charge in [-0.3, -0.25) is 19.7 Å². The third-order valence-corrected chi connectivity index (χ3v) is 6.69. The van der Waals surface area contributed by atoms with Gasteiger partial charge >= 0.3 is 0 Å². The average Bonchev–Trinajstić information content (AvgIpc) is 3.32. The van der Waals surface area contributed by atoms with Crippen LogP contribution in [0, 0.1) is 17.0 Å². The molecule has 0 aliphatic rings. The highest BCUT2D eigenvalue weighted by atomic mass is 32.2. The van der Waals surface area contributed by atoms with E-state index in [1.54, 1.807) is 12.1 Å². The van der Waals surface area contributed by atoms with Gasteiger partial charge in [0.2, 0.25) is 5.91 Å². The second kappa shape index (κ2) is 10.9. The van der Waals surface area contributed by atoms with Gasteiger partial charge in [-0.25, -0.2) is 4.98 Å². The molecule has 1 heterocycles. The Morgan fingerprint density at radius 1 is 0.971 bits per heavy atom. The van der Waals surface area contributed by atoms with Crippen LogP contribution in [0.3, 0.4) is 0 Å². The summed E-state index contributed by atoms with van der Waals surface area (Å²) in [5.41, 5.74) is 3.82. The molecular formula is C25H20N4O4S2. The molecular weight excluding hydrogens is 484 g/mol. The van der Waals surface area contributed by atoms with E-state index in [0.29, 0.717) is 16.4 Å². The number of carbonyl (C=O) groups excluding carboxylic acids is 2. The molecule has 10 heteroatoms. The third-order valence-electron chi connectivity index (χ3n) is 4.92. The molecule has 0 saturated heterocycles. The van der Waals surface area contributed by atoms with Crippen molar-refractivity contribution in [3.63, 3.8) is 0 Å². The lowest BCUT2D eigenvalue weighted by Crippen LogP contribution is -2.13. The number of nitrogens with zero attached hydrogens (tertiary/aromatic N) is 2. The van der Waals surface area contributed by atoms with E-state index in [2.05, 4.69) is 15.6 Å². The van der Waals surface area contributed by atoms with Gasteiger partial charge < -0.3 is 10.6 Å². The molecule has 0 bridgehead atoms. The van der Waals surface area contributed by atoms with E-state index in [1.807, 2.05) is 48.7 Å². The number of hydrogen-bond donors (Lipinski definition) is 2. The van der Waals surface area contributed by atoms with Crippen LogP contribution in [0.5, 0.6) is 0 Å². The molecule has 4 rings (SSSR count). The minimum Gasteiger partial charge on any atom is -0.322 e. The predicted octanol–water partition coefficient (Wildman–Crippen LogP) is 6.01. The van der Waals surface area contributed by atoms with Gasteiger partial charge in [0.25, 0.3) is 11.6 Å². The Labute approximate surface area is 209 Å². The van der Waals surface area contributed by atoms with E-state index in [9.17, 15) is 19.7 Å². The molecule has 4 aromatic rings. The van der Waals surface area contributed by atoms with Gasteiger partial charge in [0, 0.05) is 39.2 Å². The van der Waals surface area contributed by atoms with Crippen molar-refractivity contribution in [1.29, 1.82) is 0 Å². The van der Waals surface area contributed by atoms with E-state index >= 15 is 0 Å². The van der Waals surface area contributed by atoms with Crippen molar-refractivity contribution in [3.05, 3.63) is 99.4 Å². The SMILES string of the molecule is Cc1ccc(-c2csc(NC(=O)CSc3ccc(NC(=O)c4ccc([N+](=O)[O-])cc4)cc3)n2)cc1. The van der Waals surface area contributed by atoms with Gasteiger partial charge in [-0.15, -0.1) is 23.1 Å². The molecule has 0 atom stereocenters. The molecule has 1 aromatic heterocycles. The number of carbonyl (C=O) groups is 2. The Hall–Kier alpha value is -4.02. The molecule has 176 valence electrons. The van der Waals surface area contributed by atoms with Crippen molar-refractivity contribution in [2.45, 2.75) is 11.8 Å². The Bertz CT molecular complexity index is 1350. The fourth-order valence-electron chi connectivity index (χ4n) is 3.06. The van der Waals surface area contributed by atoms with Gasteiger partial charge in [-0.2, -0.15) is 0 Å². The summed E-state index contributed by atoms with van der Waals surface area (Å²) < 4.78 is 0. The molecule has 0 radical (unpaired) electrons. The second-order valence-corrected chi connectivity index (χ2v) is 9.43. The highest BCUT2D eigenvalue weighted by molar-refractivity contribution is 8.00. The van der Waals surface area contributed by atoms with Crippen LogP contribution in [0.15, 0.2) is 83.1 Å². The van der Waals surface area contributed by atoms with E-state index in [-0.39, 0.29) is 23.3 Å². The number of thiazole rings is 1. The van der Waals surface area contributed by atoms with E-state index in [0.717, 1.165) is 16.2 Å². The summed E-state index contributed by atoms with van der Waals surface area (Å²) >= 11 is 2.75. The lowest BCUT2D eigenvalue weighted by atomic mass is 10.1. The van der Waals surface area contributed by atoms with Crippen molar-refractivity contribution < 1.29 is 14.5 Å². The van der Waals surface area contributed by atoms with E-state index in [4.69, 9.17) is 0 Å². The lowest BCUT2D eigenvalue weighted by molar-refractivity contribution is -0.384. The number of amides is 2. The molecule has 0 aliphatic heterocycles. The largest absolute Gasteiger partial charge is 0.322 e. The van der Waals surface area contributed by atoms with Gasteiger partial charge in [-0.05, 0) is 43.3 Å². The minimum absolute atomic E-state index is 0.0754. The average molecular weight is 505 g/mol. The zero-order valence-electron chi connectivity index (χ0n) is 18.6. The molecule has 2 N–H and O–H groups in total. The Balaban J connectivity index is 1.26. The Kier molecular flexibility index (Phi) is 7.54. The number of aromatic nitrogens is 1. The quantitative estimate of drug-likeness (QED) is 0.173. The van der Waals surface area contributed by atoms with Crippen LogP contribution in [0.4, 0.5) is 16.5 Å². The molecule has 8 nitrogen and oxygen atoms in total. The molecule has 0 aliphatic carbocycles. The highest BCUT2D eigenvalue weighted by Crippen LogP contribution is 2.26. The minimum atomic E-state index is -0.516. The maximum absolute atomic E-state index is 12.3. The van der Waals surface area contributed by atoms with Crippen molar-refractivity contribution in [1.82, 2.24) is 4.98 Å². The predicted molar refractivity (Wildman–Crippen MR) is 139 cm³/mol.